The SMILES string of the molecule is CNC(c1cccc(OC(C)C)c1)c1cc2c(s1)CCC2. The van der Waals surface area contributed by atoms with Crippen molar-refractivity contribution in [2.75, 3.05) is 7.05 Å². The van der Waals surface area contributed by atoms with Crippen LogP contribution in [0.15, 0.2) is 30.3 Å². The number of hydrogen-bond acceptors (Lipinski definition) is 3. The van der Waals surface area contributed by atoms with Crippen molar-refractivity contribution in [2.45, 2.75) is 45.3 Å². The molecule has 0 amide bonds. The van der Waals surface area contributed by atoms with Gasteiger partial charge in [-0.25, -0.2) is 0 Å². The number of aryl methyl sites for hydroxylation is 2. The Hall–Kier alpha value is -1.32. The topological polar surface area (TPSA) is 21.3 Å². The maximum absolute atomic E-state index is 5.82. The lowest BCUT2D eigenvalue weighted by Crippen LogP contribution is -2.16. The number of rotatable bonds is 5. The van der Waals surface area contributed by atoms with Crippen LogP contribution in [-0.2, 0) is 12.8 Å². The van der Waals surface area contributed by atoms with Crippen molar-refractivity contribution >= 4 is 11.3 Å². The summed E-state index contributed by atoms with van der Waals surface area (Å²) in [6.45, 7) is 4.12. The summed E-state index contributed by atoms with van der Waals surface area (Å²) < 4.78 is 5.82. The molecule has 3 heteroatoms. The van der Waals surface area contributed by atoms with Gasteiger partial charge in [-0.3, -0.25) is 0 Å². The smallest absolute Gasteiger partial charge is 0.120 e. The van der Waals surface area contributed by atoms with Crippen molar-refractivity contribution in [1.29, 1.82) is 0 Å². The van der Waals surface area contributed by atoms with Gasteiger partial charge < -0.3 is 10.1 Å². The van der Waals surface area contributed by atoms with Gasteiger partial charge in [0.25, 0.3) is 0 Å². The van der Waals surface area contributed by atoms with Crippen LogP contribution in [0.5, 0.6) is 5.75 Å². The van der Waals surface area contributed by atoms with E-state index in [9.17, 15) is 0 Å². The molecule has 1 aromatic carbocycles. The van der Waals surface area contributed by atoms with Crippen LogP contribution < -0.4 is 10.1 Å². The highest BCUT2D eigenvalue weighted by Gasteiger charge is 2.20. The molecular weight excluding hydrogens is 278 g/mol. The molecule has 3 rings (SSSR count). The van der Waals surface area contributed by atoms with Gasteiger partial charge in [-0.1, -0.05) is 12.1 Å². The van der Waals surface area contributed by atoms with E-state index < -0.39 is 0 Å². The Morgan fingerprint density at radius 3 is 2.76 bits per heavy atom. The molecule has 0 aliphatic heterocycles. The van der Waals surface area contributed by atoms with Crippen molar-refractivity contribution < 1.29 is 4.74 Å². The van der Waals surface area contributed by atoms with E-state index in [0.29, 0.717) is 0 Å². The molecule has 0 radical (unpaired) electrons. The van der Waals surface area contributed by atoms with Crippen LogP contribution in [0.4, 0.5) is 0 Å². The second kappa shape index (κ2) is 6.20. The van der Waals surface area contributed by atoms with Crippen molar-refractivity contribution in [3.05, 3.63) is 51.2 Å². The maximum Gasteiger partial charge on any atom is 0.120 e. The van der Waals surface area contributed by atoms with Crippen LogP contribution in [0.3, 0.4) is 0 Å². The van der Waals surface area contributed by atoms with Crippen LogP contribution in [0.1, 0.15) is 47.2 Å². The molecule has 1 N–H and O–H groups in total. The Balaban J connectivity index is 1.88. The van der Waals surface area contributed by atoms with E-state index in [0.717, 1.165) is 5.75 Å². The lowest BCUT2D eigenvalue weighted by Gasteiger charge is -2.17. The number of fused-ring (bicyclic) bond motifs is 1. The minimum absolute atomic E-state index is 0.207. The molecule has 1 heterocycles. The highest BCUT2D eigenvalue weighted by molar-refractivity contribution is 7.12. The number of hydrogen-bond donors (Lipinski definition) is 1. The fraction of sp³-hybridized carbons (Fsp3) is 0.444. The summed E-state index contributed by atoms with van der Waals surface area (Å²) in [5.74, 6) is 0.951. The van der Waals surface area contributed by atoms with Gasteiger partial charge in [0.15, 0.2) is 0 Å². The summed E-state index contributed by atoms with van der Waals surface area (Å²) in [7, 11) is 2.03. The molecule has 0 saturated carbocycles. The molecule has 1 atom stereocenters. The molecule has 1 unspecified atom stereocenters. The Morgan fingerprint density at radius 2 is 2.05 bits per heavy atom. The van der Waals surface area contributed by atoms with Gasteiger partial charge in [0.05, 0.1) is 12.1 Å². The number of ether oxygens (including phenoxy) is 1. The quantitative estimate of drug-likeness (QED) is 0.887. The van der Waals surface area contributed by atoms with Crippen molar-refractivity contribution in [3.8, 4) is 5.75 Å². The van der Waals surface area contributed by atoms with Crippen molar-refractivity contribution in [2.24, 2.45) is 0 Å². The van der Waals surface area contributed by atoms with Gasteiger partial charge in [-0.2, -0.15) is 0 Å². The monoisotopic (exact) mass is 301 g/mol. The second-order valence-corrected chi connectivity index (χ2v) is 7.08. The summed E-state index contributed by atoms with van der Waals surface area (Å²) in [6.07, 6.45) is 4.04. The van der Waals surface area contributed by atoms with E-state index in [4.69, 9.17) is 4.74 Å². The average Bonchev–Trinajstić information content (AvgIpc) is 3.00. The highest BCUT2D eigenvalue weighted by Crippen LogP contribution is 2.36. The van der Waals surface area contributed by atoms with Crippen LogP contribution >= 0.6 is 11.3 Å². The molecule has 0 bridgehead atoms. The minimum atomic E-state index is 0.207. The fourth-order valence-corrected chi connectivity index (χ4v) is 4.40. The predicted octanol–water partition coefficient (Wildman–Crippen LogP) is 4.33. The molecule has 0 saturated heterocycles. The fourth-order valence-electron chi connectivity index (χ4n) is 3.01. The van der Waals surface area contributed by atoms with Crippen LogP contribution in [0.25, 0.3) is 0 Å². The lowest BCUT2D eigenvalue weighted by molar-refractivity contribution is 0.242. The van der Waals surface area contributed by atoms with Crippen molar-refractivity contribution in [1.82, 2.24) is 5.32 Å². The van der Waals surface area contributed by atoms with Crippen molar-refractivity contribution in [3.63, 3.8) is 0 Å². The number of nitrogens with one attached hydrogen (secondary N) is 1. The van der Waals surface area contributed by atoms with Gasteiger partial charge in [0, 0.05) is 9.75 Å². The normalized spacial score (nSPS) is 15.2. The van der Waals surface area contributed by atoms with Crippen LogP contribution in [0.2, 0.25) is 0 Å². The summed E-state index contributed by atoms with van der Waals surface area (Å²) in [5.41, 5.74) is 2.83. The van der Waals surface area contributed by atoms with E-state index in [1.54, 1.807) is 10.4 Å². The first-order valence-corrected chi connectivity index (χ1v) is 8.54. The van der Waals surface area contributed by atoms with E-state index in [1.807, 2.05) is 24.5 Å². The van der Waals surface area contributed by atoms with Gasteiger partial charge in [0.1, 0.15) is 5.75 Å². The Labute approximate surface area is 131 Å². The average molecular weight is 301 g/mol. The zero-order chi connectivity index (χ0) is 14.8. The van der Waals surface area contributed by atoms with E-state index in [1.165, 1.54) is 29.7 Å². The summed E-state index contributed by atoms with van der Waals surface area (Å²) in [6, 6.07) is 11.1. The predicted molar refractivity (Wildman–Crippen MR) is 89.5 cm³/mol. The third-order valence-electron chi connectivity index (χ3n) is 3.90. The Kier molecular flexibility index (Phi) is 4.32. The van der Waals surface area contributed by atoms with E-state index in [2.05, 4.69) is 43.4 Å². The summed E-state index contributed by atoms with van der Waals surface area (Å²) in [4.78, 5) is 3.00. The first-order chi connectivity index (χ1) is 10.2. The maximum atomic E-state index is 5.82. The lowest BCUT2D eigenvalue weighted by atomic mass is 10.0. The Bertz CT molecular complexity index is 596. The third kappa shape index (κ3) is 3.14. The summed E-state index contributed by atoms with van der Waals surface area (Å²) in [5, 5.41) is 3.46. The molecule has 2 aromatic rings. The largest absolute Gasteiger partial charge is 0.491 e. The molecular formula is C18H23NOS. The summed E-state index contributed by atoms with van der Waals surface area (Å²) >= 11 is 1.97. The molecule has 1 aliphatic rings. The zero-order valence-corrected chi connectivity index (χ0v) is 13.8. The first-order valence-electron chi connectivity index (χ1n) is 7.72. The minimum Gasteiger partial charge on any atom is -0.491 e. The second-order valence-electron chi connectivity index (χ2n) is 5.91. The molecule has 21 heavy (non-hydrogen) atoms. The third-order valence-corrected chi connectivity index (χ3v) is 5.20. The first kappa shape index (κ1) is 14.6. The van der Waals surface area contributed by atoms with Crippen LogP contribution in [0, 0.1) is 0 Å². The van der Waals surface area contributed by atoms with Gasteiger partial charge in [-0.15, -0.1) is 11.3 Å². The van der Waals surface area contributed by atoms with E-state index in [-0.39, 0.29) is 12.1 Å². The zero-order valence-electron chi connectivity index (χ0n) is 13.0. The molecule has 1 aliphatic carbocycles. The van der Waals surface area contributed by atoms with Gasteiger partial charge in [-0.05, 0) is 69.5 Å². The standard InChI is InChI=1S/C18H23NOS/c1-12(2)20-15-8-4-7-14(10-15)18(19-3)17-11-13-6-5-9-16(13)21-17/h4,7-8,10-12,18-19H,5-6,9H2,1-3H3. The molecule has 112 valence electrons. The van der Waals surface area contributed by atoms with Crippen LogP contribution in [-0.4, -0.2) is 13.2 Å². The number of thiophene rings is 1. The molecule has 2 nitrogen and oxygen atoms in total. The molecule has 0 spiro atoms. The number of benzene rings is 1. The van der Waals surface area contributed by atoms with E-state index >= 15 is 0 Å². The van der Waals surface area contributed by atoms with Gasteiger partial charge >= 0.3 is 0 Å². The Morgan fingerprint density at radius 1 is 1.19 bits per heavy atom. The van der Waals surface area contributed by atoms with Gasteiger partial charge in [0.2, 0.25) is 0 Å². The molecule has 1 aromatic heterocycles. The highest BCUT2D eigenvalue weighted by atomic mass is 32.1. The molecule has 0 fully saturated rings.